The topological polar surface area (TPSA) is 20.3 Å². The van der Waals surface area contributed by atoms with E-state index in [1.165, 1.54) is 0 Å². The molecule has 18 heavy (non-hydrogen) atoms. The Hall–Kier alpha value is -1.56. The third-order valence-electron chi connectivity index (χ3n) is 2.98. The molecule has 1 fully saturated rings. The molecule has 0 aromatic heterocycles. The van der Waals surface area contributed by atoms with Gasteiger partial charge in [-0.3, -0.25) is 4.79 Å². The molecule has 0 radical (unpaired) electrons. The Balaban J connectivity index is 2.74. The predicted octanol–water partition coefficient (Wildman–Crippen LogP) is 3.21. The number of rotatable bonds is 6. The molecule has 0 aliphatic heterocycles. The first-order chi connectivity index (χ1) is 8.63. The molecule has 1 aliphatic carbocycles. The third-order valence-corrected chi connectivity index (χ3v) is 2.98. The second kappa shape index (κ2) is 7.00. The van der Waals surface area contributed by atoms with Gasteiger partial charge in [-0.1, -0.05) is 18.9 Å². The van der Waals surface area contributed by atoms with Crippen LogP contribution in [0.4, 0.5) is 4.39 Å². The summed E-state index contributed by atoms with van der Waals surface area (Å²) in [7, 11) is 0. The molecule has 0 aromatic carbocycles. The van der Waals surface area contributed by atoms with Gasteiger partial charge in [0.1, 0.15) is 5.83 Å². The van der Waals surface area contributed by atoms with Crippen molar-refractivity contribution in [3.05, 3.63) is 23.6 Å². The summed E-state index contributed by atoms with van der Waals surface area (Å²) in [6.45, 7) is 4.05. The fourth-order valence-electron chi connectivity index (χ4n) is 1.82. The number of allylic oxidation sites excluding steroid dienone is 2. The van der Waals surface area contributed by atoms with Gasteiger partial charge in [-0.25, -0.2) is 4.39 Å². The SMILES string of the molecule is C#C/C=C(F)\C(=C/C)CN(C(=O)CCC)C1CC1. The lowest BCUT2D eigenvalue weighted by atomic mass is 10.1. The van der Waals surface area contributed by atoms with Crippen molar-refractivity contribution in [2.45, 2.75) is 45.6 Å². The van der Waals surface area contributed by atoms with E-state index in [0.29, 0.717) is 18.5 Å². The smallest absolute Gasteiger partial charge is 0.223 e. The van der Waals surface area contributed by atoms with Crippen LogP contribution in [-0.4, -0.2) is 23.4 Å². The highest BCUT2D eigenvalue weighted by Gasteiger charge is 2.32. The quantitative estimate of drug-likeness (QED) is 0.523. The average molecular weight is 249 g/mol. The normalized spacial score (nSPS) is 16.3. The molecule has 0 heterocycles. The fraction of sp³-hybridized carbons (Fsp3) is 0.533. The van der Waals surface area contributed by atoms with Crippen molar-refractivity contribution in [1.82, 2.24) is 4.90 Å². The highest BCUT2D eigenvalue weighted by Crippen LogP contribution is 2.29. The standard InChI is InChI=1S/C15H20FNO/c1-4-7-14(16)12(6-3)11-17(13-9-10-13)15(18)8-5-2/h1,6-7,13H,5,8-11H2,2-3H3/b12-6-,14-7+. The molecule has 0 spiro atoms. The van der Waals surface area contributed by atoms with E-state index in [9.17, 15) is 9.18 Å². The van der Waals surface area contributed by atoms with Crippen LogP contribution in [0.2, 0.25) is 0 Å². The zero-order valence-corrected chi connectivity index (χ0v) is 11.1. The monoisotopic (exact) mass is 249 g/mol. The van der Waals surface area contributed by atoms with Crippen molar-refractivity contribution in [2.75, 3.05) is 6.54 Å². The number of halogens is 1. The summed E-state index contributed by atoms with van der Waals surface area (Å²) in [6.07, 6.45) is 11.2. The largest absolute Gasteiger partial charge is 0.335 e. The van der Waals surface area contributed by atoms with Crippen LogP contribution in [0.1, 0.15) is 39.5 Å². The van der Waals surface area contributed by atoms with Crippen LogP contribution in [0.15, 0.2) is 23.6 Å². The van der Waals surface area contributed by atoms with Crippen LogP contribution in [0.3, 0.4) is 0 Å². The molecule has 0 atom stereocenters. The van der Waals surface area contributed by atoms with Gasteiger partial charge in [0.15, 0.2) is 0 Å². The maximum atomic E-state index is 13.7. The molecular formula is C15H20FNO. The van der Waals surface area contributed by atoms with Crippen LogP contribution >= 0.6 is 0 Å². The Morgan fingerprint density at radius 3 is 2.67 bits per heavy atom. The Bertz CT molecular complexity index is 399. The molecule has 1 saturated carbocycles. The van der Waals surface area contributed by atoms with Gasteiger partial charge in [-0.05, 0) is 26.2 Å². The van der Waals surface area contributed by atoms with E-state index in [-0.39, 0.29) is 11.9 Å². The summed E-state index contributed by atoms with van der Waals surface area (Å²) < 4.78 is 13.7. The molecular weight excluding hydrogens is 229 g/mol. The summed E-state index contributed by atoms with van der Waals surface area (Å²) in [5.41, 5.74) is 0.490. The van der Waals surface area contributed by atoms with Crippen LogP contribution in [0.5, 0.6) is 0 Å². The minimum Gasteiger partial charge on any atom is -0.335 e. The number of amides is 1. The number of carbonyl (C=O) groups is 1. The molecule has 0 aromatic rings. The van der Waals surface area contributed by atoms with Crippen molar-refractivity contribution in [3.63, 3.8) is 0 Å². The van der Waals surface area contributed by atoms with Gasteiger partial charge in [-0.15, -0.1) is 6.42 Å². The number of hydrogen-bond acceptors (Lipinski definition) is 1. The van der Waals surface area contributed by atoms with E-state index in [0.717, 1.165) is 25.3 Å². The van der Waals surface area contributed by atoms with E-state index in [2.05, 4.69) is 5.92 Å². The van der Waals surface area contributed by atoms with Gasteiger partial charge < -0.3 is 4.90 Å². The van der Waals surface area contributed by atoms with E-state index >= 15 is 0 Å². The van der Waals surface area contributed by atoms with Gasteiger partial charge in [0, 0.05) is 30.7 Å². The van der Waals surface area contributed by atoms with Gasteiger partial charge in [0.05, 0.1) is 0 Å². The van der Waals surface area contributed by atoms with E-state index in [1.54, 1.807) is 17.9 Å². The van der Waals surface area contributed by atoms with Crippen molar-refractivity contribution < 1.29 is 9.18 Å². The van der Waals surface area contributed by atoms with Gasteiger partial charge in [-0.2, -0.15) is 0 Å². The first-order valence-corrected chi connectivity index (χ1v) is 6.40. The minimum absolute atomic E-state index is 0.104. The minimum atomic E-state index is -0.421. The lowest BCUT2D eigenvalue weighted by Gasteiger charge is -2.23. The molecule has 1 amide bonds. The first-order valence-electron chi connectivity index (χ1n) is 6.40. The first kappa shape index (κ1) is 14.5. The maximum Gasteiger partial charge on any atom is 0.223 e. The van der Waals surface area contributed by atoms with Crippen molar-refractivity contribution in [1.29, 1.82) is 0 Å². The fourth-order valence-corrected chi connectivity index (χ4v) is 1.82. The second-order valence-corrected chi connectivity index (χ2v) is 4.48. The molecule has 0 saturated heterocycles. The summed E-state index contributed by atoms with van der Waals surface area (Å²) >= 11 is 0. The molecule has 1 aliphatic rings. The Labute approximate surface area is 109 Å². The molecule has 0 unspecified atom stereocenters. The molecule has 0 N–H and O–H groups in total. The average Bonchev–Trinajstić information content (AvgIpc) is 3.15. The predicted molar refractivity (Wildman–Crippen MR) is 71.4 cm³/mol. The maximum absolute atomic E-state index is 13.7. The Morgan fingerprint density at radius 2 is 2.22 bits per heavy atom. The van der Waals surface area contributed by atoms with Crippen LogP contribution < -0.4 is 0 Å². The number of terminal acetylenes is 1. The highest BCUT2D eigenvalue weighted by atomic mass is 19.1. The number of nitrogens with zero attached hydrogens (tertiary/aromatic N) is 1. The van der Waals surface area contributed by atoms with Crippen molar-refractivity contribution >= 4 is 5.91 Å². The molecule has 98 valence electrons. The molecule has 2 nitrogen and oxygen atoms in total. The summed E-state index contributed by atoms with van der Waals surface area (Å²) in [6, 6.07) is 0.289. The number of hydrogen-bond donors (Lipinski definition) is 0. The van der Waals surface area contributed by atoms with E-state index in [1.807, 2.05) is 6.92 Å². The highest BCUT2D eigenvalue weighted by molar-refractivity contribution is 5.77. The second-order valence-electron chi connectivity index (χ2n) is 4.48. The van der Waals surface area contributed by atoms with Crippen molar-refractivity contribution in [3.8, 4) is 12.3 Å². The van der Waals surface area contributed by atoms with Crippen LogP contribution in [-0.2, 0) is 4.79 Å². The Morgan fingerprint density at radius 1 is 1.56 bits per heavy atom. The summed E-state index contributed by atoms with van der Waals surface area (Å²) in [5.74, 6) is 1.86. The van der Waals surface area contributed by atoms with Crippen LogP contribution in [0, 0.1) is 12.3 Å². The van der Waals surface area contributed by atoms with E-state index < -0.39 is 5.83 Å². The lowest BCUT2D eigenvalue weighted by molar-refractivity contribution is -0.131. The van der Waals surface area contributed by atoms with Gasteiger partial charge in [0.2, 0.25) is 5.91 Å². The van der Waals surface area contributed by atoms with Gasteiger partial charge in [0.25, 0.3) is 0 Å². The number of carbonyl (C=O) groups excluding carboxylic acids is 1. The zero-order valence-electron chi connectivity index (χ0n) is 11.1. The van der Waals surface area contributed by atoms with Gasteiger partial charge >= 0.3 is 0 Å². The van der Waals surface area contributed by atoms with Crippen LogP contribution in [0.25, 0.3) is 0 Å². The zero-order chi connectivity index (χ0) is 13.5. The molecule has 1 rings (SSSR count). The Kier molecular flexibility index (Phi) is 5.64. The molecule has 3 heteroatoms. The molecule has 0 bridgehead atoms. The lowest BCUT2D eigenvalue weighted by Crippen LogP contribution is -2.34. The summed E-state index contributed by atoms with van der Waals surface area (Å²) in [4.78, 5) is 13.8. The summed E-state index contributed by atoms with van der Waals surface area (Å²) in [5, 5.41) is 0. The third kappa shape index (κ3) is 4.03. The van der Waals surface area contributed by atoms with E-state index in [4.69, 9.17) is 6.42 Å². The van der Waals surface area contributed by atoms with Crippen molar-refractivity contribution in [2.24, 2.45) is 0 Å².